The Kier molecular flexibility index (Phi) is 4.39. The van der Waals surface area contributed by atoms with E-state index in [2.05, 4.69) is 36.8 Å². The molecule has 2 heterocycles. The second kappa shape index (κ2) is 6.32. The van der Waals surface area contributed by atoms with Crippen LogP contribution in [-0.2, 0) is 0 Å². The molecule has 2 aromatic heterocycles. The number of rotatable bonds is 2. The summed E-state index contributed by atoms with van der Waals surface area (Å²) in [6.07, 6.45) is 0. The number of nitrogens with zero attached hydrogens (tertiary/aromatic N) is 1. The molecule has 0 bridgehead atoms. The van der Waals surface area contributed by atoms with Crippen molar-refractivity contribution in [1.82, 2.24) is 4.98 Å². The minimum atomic E-state index is -0.483. The van der Waals surface area contributed by atoms with Gasteiger partial charge in [-0.3, -0.25) is 4.79 Å². The number of pyridine rings is 1. The normalized spacial score (nSPS) is 10.5. The van der Waals surface area contributed by atoms with Gasteiger partial charge < -0.3 is 10.1 Å². The highest BCUT2D eigenvalue weighted by molar-refractivity contribution is 9.10. The van der Waals surface area contributed by atoms with Gasteiger partial charge >= 0.3 is 0 Å². The smallest absolute Gasteiger partial charge is 0.267 e. The van der Waals surface area contributed by atoms with E-state index in [9.17, 15) is 15.2 Å². The van der Waals surface area contributed by atoms with Gasteiger partial charge in [-0.15, -0.1) is 11.3 Å². The molecule has 0 aliphatic carbocycles. The van der Waals surface area contributed by atoms with E-state index >= 15 is 0 Å². The molecule has 3 aromatic rings. The second-order valence-electron chi connectivity index (χ2n) is 4.70. The summed E-state index contributed by atoms with van der Waals surface area (Å²) in [4.78, 5) is 15.7. The van der Waals surface area contributed by atoms with Gasteiger partial charge in [0.05, 0.1) is 5.69 Å². The van der Waals surface area contributed by atoms with Crippen molar-refractivity contribution in [3.05, 3.63) is 60.6 Å². The third-order valence-electron chi connectivity index (χ3n) is 3.23. The van der Waals surface area contributed by atoms with Crippen LogP contribution in [0, 0.1) is 11.3 Å². The molecule has 0 unspecified atom stereocenters. The summed E-state index contributed by atoms with van der Waals surface area (Å²) in [5, 5.41) is 21.2. The number of H-pyrrole nitrogens is 1. The molecular weight excluding hydrogens is 444 g/mol. The molecule has 4 nitrogen and oxygen atoms in total. The van der Waals surface area contributed by atoms with E-state index in [4.69, 9.17) is 0 Å². The van der Waals surface area contributed by atoms with Gasteiger partial charge in [-0.25, -0.2) is 0 Å². The van der Waals surface area contributed by atoms with Crippen LogP contribution in [-0.4, -0.2) is 10.1 Å². The standard InChI is InChI=1S/C16H8Br2N2O2S/c17-8-1-2-14(21)11(3-8)13-5-10(12(6-19)16(22)20-13)15-4-9(18)7-23-15/h1-5,7,21H,(H,20,22). The first-order valence-corrected chi connectivity index (χ1v) is 8.87. The number of nitrogens with one attached hydrogen (secondary N) is 1. The number of aromatic amines is 1. The molecule has 7 heteroatoms. The van der Waals surface area contributed by atoms with Crippen molar-refractivity contribution < 1.29 is 5.11 Å². The van der Waals surface area contributed by atoms with Crippen molar-refractivity contribution in [2.75, 3.05) is 0 Å². The van der Waals surface area contributed by atoms with Crippen molar-refractivity contribution >= 4 is 43.2 Å². The molecule has 0 atom stereocenters. The topological polar surface area (TPSA) is 76.9 Å². The van der Waals surface area contributed by atoms with Gasteiger partial charge in [-0.05, 0) is 46.3 Å². The summed E-state index contributed by atoms with van der Waals surface area (Å²) in [6, 6.07) is 10.5. The molecule has 0 saturated carbocycles. The number of phenols is 1. The van der Waals surface area contributed by atoms with Crippen LogP contribution in [0.1, 0.15) is 5.56 Å². The molecule has 0 fully saturated rings. The van der Waals surface area contributed by atoms with E-state index in [1.807, 2.05) is 17.5 Å². The molecule has 0 aliphatic rings. The van der Waals surface area contributed by atoms with Crippen molar-refractivity contribution in [2.24, 2.45) is 0 Å². The molecule has 23 heavy (non-hydrogen) atoms. The monoisotopic (exact) mass is 450 g/mol. The molecule has 0 amide bonds. The van der Waals surface area contributed by atoms with Gasteiger partial charge in [-0.2, -0.15) is 5.26 Å². The molecule has 114 valence electrons. The van der Waals surface area contributed by atoms with Crippen molar-refractivity contribution in [3.8, 4) is 33.5 Å². The number of aromatic hydroxyl groups is 1. The zero-order valence-electron chi connectivity index (χ0n) is 11.4. The highest BCUT2D eigenvalue weighted by Gasteiger charge is 2.15. The van der Waals surface area contributed by atoms with Crippen LogP contribution < -0.4 is 5.56 Å². The zero-order chi connectivity index (χ0) is 16.6. The van der Waals surface area contributed by atoms with Crippen LogP contribution in [0.5, 0.6) is 5.75 Å². The lowest BCUT2D eigenvalue weighted by Crippen LogP contribution is -2.12. The second-order valence-corrected chi connectivity index (χ2v) is 7.45. The lowest BCUT2D eigenvalue weighted by atomic mass is 10.0. The van der Waals surface area contributed by atoms with Crippen LogP contribution >= 0.6 is 43.2 Å². The van der Waals surface area contributed by atoms with Crippen LogP contribution in [0.2, 0.25) is 0 Å². The van der Waals surface area contributed by atoms with E-state index < -0.39 is 5.56 Å². The molecule has 0 saturated heterocycles. The molecule has 0 aliphatic heterocycles. The van der Waals surface area contributed by atoms with Crippen LogP contribution in [0.25, 0.3) is 21.7 Å². The third kappa shape index (κ3) is 3.11. The average Bonchev–Trinajstić information content (AvgIpc) is 2.95. The summed E-state index contributed by atoms with van der Waals surface area (Å²) in [5.41, 5.74) is 1.05. The van der Waals surface area contributed by atoms with E-state index in [0.717, 1.165) is 13.8 Å². The van der Waals surface area contributed by atoms with Crippen LogP contribution in [0.4, 0.5) is 0 Å². The Labute approximate surface area is 152 Å². The van der Waals surface area contributed by atoms with E-state index in [0.29, 0.717) is 16.8 Å². The first-order valence-electron chi connectivity index (χ1n) is 6.40. The molecule has 0 radical (unpaired) electrons. The van der Waals surface area contributed by atoms with Crippen molar-refractivity contribution in [1.29, 1.82) is 5.26 Å². The lowest BCUT2D eigenvalue weighted by Gasteiger charge is -2.08. The maximum Gasteiger partial charge on any atom is 0.267 e. The van der Waals surface area contributed by atoms with Gasteiger partial charge in [0, 0.05) is 30.3 Å². The fourth-order valence-corrected chi connectivity index (χ4v) is 4.00. The fourth-order valence-electron chi connectivity index (χ4n) is 2.19. The minimum Gasteiger partial charge on any atom is -0.507 e. The summed E-state index contributed by atoms with van der Waals surface area (Å²) in [5.74, 6) is 0.0480. The average molecular weight is 452 g/mol. The van der Waals surface area contributed by atoms with Gasteiger partial charge in [-0.1, -0.05) is 15.9 Å². The van der Waals surface area contributed by atoms with Crippen molar-refractivity contribution in [3.63, 3.8) is 0 Å². The van der Waals surface area contributed by atoms with Gasteiger partial charge in [0.15, 0.2) is 0 Å². The maximum absolute atomic E-state index is 12.3. The number of hydrogen-bond donors (Lipinski definition) is 2. The Balaban J connectivity index is 2.29. The van der Waals surface area contributed by atoms with Crippen molar-refractivity contribution in [2.45, 2.75) is 0 Å². The molecule has 0 spiro atoms. The Hall–Kier alpha value is -1.88. The molecule has 2 N–H and O–H groups in total. The van der Waals surface area contributed by atoms with E-state index in [1.165, 1.54) is 17.4 Å². The van der Waals surface area contributed by atoms with Gasteiger partial charge in [0.25, 0.3) is 5.56 Å². The zero-order valence-corrected chi connectivity index (χ0v) is 15.4. The minimum absolute atomic E-state index is 0.0480. The summed E-state index contributed by atoms with van der Waals surface area (Å²) < 4.78 is 1.66. The fraction of sp³-hybridized carbons (Fsp3) is 0. The predicted octanol–water partition coefficient (Wildman–Crippen LogP) is 4.87. The summed E-state index contributed by atoms with van der Waals surface area (Å²) in [7, 11) is 0. The predicted molar refractivity (Wildman–Crippen MR) is 97.6 cm³/mol. The molecular formula is C16H8Br2N2O2S. The Morgan fingerprint density at radius 3 is 2.57 bits per heavy atom. The lowest BCUT2D eigenvalue weighted by molar-refractivity contribution is 0.477. The van der Waals surface area contributed by atoms with E-state index in [1.54, 1.807) is 18.2 Å². The van der Waals surface area contributed by atoms with E-state index in [-0.39, 0.29) is 11.3 Å². The number of aromatic nitrogens is 1. The van der Waals surface area contributed by atoms with Gasteiger partial charge in [0.2, 0.25) is 0 Å². The molecule has 3 rings (SSSR count). The number of nitriles is 1. The van der Waals surface area contributed by atoms with Crippen LogP contribution in [0.3, 0.4) is 0 Å². The third-order valence-corrected chi connectivity index (χ3v) is 5.44. The molecule has 1 aromatic carbocycles. The quantitative estimate of drug-likeness (QED) is 0.583. The number of thiophene rings is 1. The number of halogens is 2. The Bertz CT molecular complexity index is 1000. The maximum atomic E-state index is 12.3. The Morgan fingerprint density at radius 1 is 1.13 bits per heavy atom. The summed E-state index contributed by atoms with van der Waals surface area (Å²) >= 11 is 8.15. The highest BCUT2D eigenvalue weighted by Crippen LogP contribution is 2.35. The first kappa shape index (κ1) is 16.0. The Morgan fingerprint density at radius 2 is 1.91 bits per heavy atom. The SMILES string of the molecule is N#Cc1c(-c2cc(Br)cs2)cc(-c2cc(Br)ccc2O)[nH]c1=O. The van der Waals surface area contributed by atoms with Gasteiger partial charge in [0.1, 0.15) is 17.4 Å². The van der Waals surface area contributed by atoms with Crippen LogP contribution in [0.15, 0.2) is 49.5 Å². The number of phenolic OH excluding ortho intramolecular Hbond substituents is 1. The largest absolute Gasteiger partial charge is 0.507 e. The highest BCUT2D eigenvalue weighted by atomic mass is 79.9. The summed E-state index contributed by atoms with van der Waals surface area (Å²) in [6.45, 7) is 0. The number of hydrogen-bond acceptors (Lipinski definition) is 4. The first-order chi connectivity index (χ1) is 11.0. The number of benzene rings is 1.